The van der Waals surface area contributed by atoms with Crippen LogP contribution in [0.3, 0.4) is 0 Å². The molecule has 0 aliphatic heterocycles. The Balaban J connectivity index is 2.79. The first-order valence-electron chi connectivity index (χ1n) is 4.60. The van der Waals surface area contributed by atoms with E-state index in [1.54, 1.807) is 19.2 Å². The van der Waals surface area contributed by atoms with E-state index >= 15 is 0 Å². The Morgan fingerprint density at radius 3 is 3.07 bits per heavy atom. The molecule has 15 heavy (non-hydrogen) atoms. The van der Waals surface area contributed by atoms with Crippen LogP contribution in [0.2, 0.25) is 5.15 Å². The van der Waals surface area contributed by atoms with Crippen molar-refractivity contribution < 1.29 is 9.53 Å². The number of ether oxygens (including phenoxy) is 1. The first kappa shape index (κ1) is 11.7. The molecule has 0 saturated heterocycles. The average Bonchev–Trinajstić information content (AvgIpc) is 2.20. The fourth-order valence-electron chi connectivity index (χ4n) is 1.04. The van der Waals surface area contributed by atoms with Crippen molar-refractivity contribution in [3.05, 3.63) is 34.6 Å². The molecule has 0 amide bonds. The maximum absolute atomic E-state index is 11.0. The number of halogens is 1. The van der Waals surface area contributed by atoms with E-state index in [1.807, 2.05) is 13.0 Å². The van der Waals surface area contributed by atoms with Gasteiger partial charge in [-0.2, -0.15) is 0 Å². The van der Waals surface area contributed by atoms with Gasteiger partial charge in [-0.25, -0.2) is 9.78 Å². The van der Waals surface area contributed by atoms with Crippen molar-refractivity contribution in [1.29, 1.82) is 0 Å². The molecule has 0 atom stereocenters. The van der Waals surface area contributed by atoms with Gasteiger partial charge in [-0.3, -0.25) is 0 Å². The third-order valence-corrected chi connectivity index (χ3v) is 2.00. The molecular weight excluding hydrogens is 214 g/mol. The normalized spacial score (nSPS) is 10.6. The van der Waals surface area contributed by atoms with Gasteiger partial charge in [0.25, 0.3) is 0 Å². The molecule has 0 spiro atoms. The highest BCUT2D eigenvalue weighted by molar-refractivity contribution is 6.30. The van der Waals surface area contributed by atoms with Gasteiger partial charge < -0.3 is 4.74 Å². The standard InChI is InChI=1S/C11H12ClNO2/c1-3-15-10(14)5-4-9-6-8(2)7-13-11(9)12/h4-7H,3H2,1-2H3/b5-4+. The van der Waals surface area contributed by atoms with Crippen molar-refractivity contribution in [1.82, 2.24) is 4.98 Å². The minimum Gasteiger partial charge on any atom is -0.463 e. The number of carbonyl (C=O) groups excluding carboxylic acids is 1. The lowest BCUT2D eigenvalue weighted by Gasteiger charge is -1.99. The van der Waals surface area contributed by atoms with Crippen LogP contribution < -0.4 is 0 Å². The van der Waals surface area contributed by atoms with E-state index in [2.05, 4.69) is 4.98 Å². The lowest BCUT2D eigenvalue weighted by Crippen LogP contribution is -1.98. The number of esters is 1. The van der Waals surface area contributed by atoms with Crippen LogP contribution in [0.25, 0.3) is 6.08 Å². The van der Waals surface area contributed by atoms with E-state index < -0.39 is 0 Å². The second kappa shape index (κ2) is 5.51. The van der Waals surface area contributed by atoms with Crippen LogP contribution >= 0.6 is 11.6 Å². The molecule has 0 aromatic carbocycles. The molecule has 0 radical (unpaired) electrons. The van der Waals surface area contributed by atoms with Gasteiger partial charge in [-0.1, -0.05) is 11.6 Å². The largest absolute Gasteiger partial charge is 0.463 e. The molecule has 1 aromatic rings. The summed E-state index contributed by atoms with van der Waals surface area (Å²) in [6.07, 6.45) is 4.61. The topological polar surface area (TPSA) is 39.2 Å². The van der Waals surface area contributed by atoms with E-state index in [-0.39, 0.29) is 5.97 Å². The van der Waals surface area contributed by atoms with E-state index in [9.17, 15) is 4.79 Å². The van der Waals surface area contributed by atoms with Crippen LogP contribution in [0, 0.1) is 6.92 Å². The Morgan fingerprint density at radius 2 is 2.40 bits per heavy atom. The Labute approximate surface area is 93.7 Å². The van der Waals surface area contributed by atoms with Gasteiger partial charge in [-0.05, 0) is 31.6 Å². The van der Waals surface area contributed by atoms with Gasteiger partial charge in [0.05, 0.1) is 6.61 Å². The Bertz CT molecular complexity index is 388. The van der Waals surface area contributed by atoms with Gasteiger partial charge in [-0.15, -0.1) is 0 Å². The van der Waals surface area contributed by atoms with Crippen molar-refractivity contribution in [3.63, 3.8) is 0 Å². The first-order valence-corrected chi connectivity index (χ1v) is 4.98. The summed E-state index contributed by atoms with van der Waals surface area (Å²) in [6, 6.07) is 1.85. The molecule has 0 aliphatic rings. The third kappa shape index (κ3) is 3.72. The molecule has 0 bridgehead atoms. The number of rotatable bonds is 3. The van der Waals surface area contributed by atoms with Gasteiger partial charge in [0, 0.05) is 17.8 Å². The molecule has 3 nitrogen and oxygen atoms in total. The smallest absolute Gasteiger partial charge is 0.330 e. The summed E-state index contributed by atoms with van der Waals surface area (Å²) in [4.78, 5) is 15.0. The van der Waals surface area contributed by atoms with Crippen molar-refractivity contribution in [2.75, 3.05) is 6.61 Å². The quantitative estimate of drug-likeness (QED) is 0.451. The monoisotopic (exact) mass is 225 g/mol. The summed E-state index contributed by atoms with van der Waals surface area (Å²) in [5, 5.41) is 0.376. The summed E-state index contributed by atoms with van der Waals surface area (Å²) in [6.45, 7) is 4.03. The van der Waals surface area contributed by atoms with E-state index in [0.29, 0.717) is 17.3 Å². The summed E-state index contributed by atoms with van der Waals surface area (Å²) < 4.78 is 4.74. The zero-order chi connectivity index (χ0) is 11.3. The Morgan fingerprint density at radius 1 is 1.67 bits per heavy atom. The zero-order valence-corrected chi connectivity index (χ0v) is 9.41. The van der Waals surface area contributed by atoms with Crippen molar-refractivity contribution in [2.24, 2.45) is 0 Å². The van der Waals surface area contributed by atoms with E-state index in [1.165, 1.54) is 6.08 Å². The fraction of sp³-hybridized carbons (Fsp3) is 0.273. The minimum absolute atomic E-state index is 0.364. The third-order valence-electron chi connectivity index (χ3n) is 1.69. The number of hydrogen-bond acceptors (Lipinski definition) is 3. The van der Waals surface area contributed by atoms with Gasteiger partial charge in [0.1, 0.15) is 5.15 Å². The SMILES string of the molecule is CCOC(=O)/C=C/c1cc(C)cnc1Cl. The van der Waals surface area contributed by atoms with Crippen LogP contribution in [0.1, 0.15) is 18.1 Å². The predicted molar refractivity (Wildman–Crippen MR) is 59.7 cm³/mol. The van der Waals surface area contributed by atoms with Crippen LogP contribution in [-0.4, -0.2) is 17.6 Å². The summed E-state index contributed by atoms with van der Waals surface area (Å²) in [5.41, 5.74) is 1.70. The second-order valence-corrected chi connectivity index (χ2v) is 3.34. The number of hydrogen-bond donors (Lipinski definition) is 0. The van der Waals surface area contributed by atoms with E-state index in [0.717, 1.165) is 5.56 Å². The highest BCUT2D eigenvalue weighted by Gasteiger charge is 1.99. The average molecular weight is 226 g/mol. The molecule has 0 saturated carbocycles. The lowest BCUT2D eigenvalue weighted by molar-refractivity contribution is -0.137. The van der Waals surface area contributed by atoms with Crippen LogP contribution in [-0.2, 0) is 9.53 Å². The van der Waals surface area contributed by atoms with Crippen LogP contribution in [0.15, 0.2) is 18.3 Å². The molecule has 80 valence electrons. The Kier molecular flexibility index (Phi) is 4.31. The predicted octanol–water partition coefficient (Wildman–Crippen LogP) is 2.62. The molecule has 0 fully saturated rings. The van der Waals surface area contributed by atoms with E-state index in [4.69, 9.17) is 16.3 Å². The molecule has 1 aromatic heterocycles. The van der Waals surface area contributed by atoms with Crippen molar-refractivity contribution in [3.8, 4) is 0 Å². The molecule has 0 unspecified atom stereocenters. The number of carbonyl (C=O) groups is 1. The number of pyridine rings is 1. The zero-order valence-electron chi connectivity index (χ0n) is 8.66. The minimum atomic E-state index is -0.380. The molecule has 4 heteroatoms. The van der Waals surface area contributed by atoms with Gasteiger partial charge in [0.2, 0.25) is 0 Å². The molecule has 0 aliphatic carbocycles. The van der Waals surface area contributed by atoms with Crippen molar-refractivity contribution >= 4 is 23.6 Å². The van der Waals surface area contributed by atoms with Crippen LogP contribution in [0.5, 0.6) is 0 Å². The maximum atomic E-state index is 11.0. The van der Waals surface area contributed by atoms with Crippen molar-refractivity contribution in [2.45, 2.75) is 13.8 Å². The Hall–Kier alpha value is -1.35. The van der Waals surface area contributed by atoms with Gasteiger partial charge in [0.15, 0.2) is 0 Å². The highest BCUT2D eigenvalue weighted by atomic mass is 35.5. The highest BCUT2D eigenvalue weighted by Crippen LogP contribution is 2.15. The van der Waals surface area contributed by atoms with Gasteiger partial charge >= 0.3 is 5.97 Å². The number of aromatic nitrogens is 1. The van der Waals surface area contributed by atoms with Crippen LogP contribution in [0.4, 0.5) is 0 Å². The fourth-order valence-corrected chi connectivity index (χ4v) is 1.21. The maximum Gasteiger partial charge on any atom is 0.330 e. The summed E-state index contributed by atoms with van der Waals surface area (Å²) in [7, 11) is 0. The summed E-state index contributed by atoms with van der Waals surface area (Å²) >= 11 is 5.84. The second-order valence-electron chi connectivity index (χ2n) is 2.98. The lowest BCUT2D eigenvalue weighted by atomic mass is 10.2. The number of aryl methyl sites for hydroxylation is 1. The molecule has 1 heterocycles. The molecular formula is C11H12ClNO2. The summed E-state index contributed by atoms with van der Waals surface area (Å²) in [5.74, 6) is -0.380. The first-order chi connectivity index (χ1) is 7.13. The number of nitrogens with zero attached hydrogens (tertiary/aromatic N) is 1. The molecule has 1 rings (SSSR count). The molecule has 0 N–H and O–H groups in total.